The first-order valence-electron chi connectivity index (χ1n) is 6.60. The van der Waals surface area contributed by atoms with Crippen molar-refractivity contribution in [2.75, 3.05) is 5.73 Å². The lowest BCUT2D eigenvalue weighted by Gasteiger charge is -2.23. The van der Waals surface area contributed by atoms with Crippen molar-refractivity contribution >= 4 is 5.69 Å². The molecule has 0 aliphatic carbocycles. The predicted octanol–water partition coefficient (Wildman–Crippen LogP) is 4.76. The first-order chi connectivity index (χ1) is 8.94. The number of nitrogens with two attached hydrogens (primary N) is 1. The topological polar surface area (TPSA) is 26.0 Å². The van der Waals surface area contributed by atoms with Crippen molar-refractivity contribution in [3.63, 3.8) is 0 Å². The molecule has 0 amide bonds. The van der Waals surface area contributed by atoms with Crippen molar-refractivity contribution in [1.29, 1.82) is 0 Å². The van der Waals surface area contributed by atoms with Crippen LogP contribution in [0, 0.1) is 5.82 Å². The molecule has 0 unspecified atom stereocenters. The number of benzene rings is 2. The van der Waals surface area contributed by atoms with E-state index in [1.165, 1.54) is 17.7 Å². The van der Waals surface area contributed by atoms with Crippen LogP contribution in [0.1, 0.15) is 32.8 Å². The molecule has 2 aromatic rings. The van der Waals surface area contributed by atoms with Gasteiger partial charge in [0.05, 0.1) is 0 Å². The van der Waals surface area contributed by atoms with Crippen LogP contribution >= 0.6 is 0 Å². The second-order valence-electron chi connectivity index (χ2n) is 5.55. The van der Waals surface area contributed by atoms with Gasteiger partial charge in [0.15, 0.2) is 0 Å². The van der Waals surface area contributed by atoms with Gasteiger partial charge >= 0.3 is 0 Å². The fourth-order valence-corrected chi connectivity index (χ4v) is 2.10. The van der Waals surface area contributed by atoms with Crippen LogP contribution in [0.25, 0.3) is 11.1 Å². The molecule has 0 saturated heterocycles. The summed E-state index contributed by atoms with van der Waals surface area (Å²) >= 11 is 0. The van der Waals surface area contributed by atoms with Gasteiger partial charge in [0.25, 0.3) is 0 Å². The van der Waals surface area contributed by atoms with Crippen LogP contribution in [0.3, 0.4) is 0 Å². The van der Waals surface area contributed by atoms with E-state index in [0.717, 1.165) is 17.5 Å². The molecule has 0 aliphatic rings. The molecule has 1 nitrogen and oxygen atoms in total. The van der Waals surface area contributed by atoms with Gasteiger partial charge < -0.3 is 5.73 Å². The third-order valence-corrected chi connectivity index (χ3v) is 3.87. The Morgan fingerprint density at radius 1 is 1.05 bits per heavy atom. The molecule has 2 rings (SSSR count). The Bertz CT molecular complexity index is 570. The van der Waals surface area contributed by atoms with Crippen molar-refractivity contribution < 1.29 is 4.39 Å². The Balaban J connectivity index is 2.38. The van der Waals surface area contributed by atoms with Gasteiger partial charge in [-0.3, -0.25) is 0 Å². The molecule has 0 aliphatic heterocycles. The minimum absolute atomic E-state index is 0.173. The first-order valence-corrected chi connectivity index (χ1v) is 6.60. The second kappa shape index (κ2) is 5.04. The fourth-order valence-electron chi connectivity index (χ4n) is 2.10. The number of halogens is 1. The Morgan fingerprint density at radius 2 is 1.68 bits per heavy atom. The number of anilines is 1. The lowest BCUT2D eigenvalue weighted by atomic mass is 9.82. The second-order valence-corrected chi connectivity index (χ2v) is 5.55. The van der Waals surface area contributed by atoms with Crippen molar-refractivity contribution in [3.8, 4) is 11.1 Å². The number of hydrogen-bond donors (Lipinski definition) is 1. The summed E-state index contributed by atoms with van der Waals surface area (Å²) in [6.07, 6.45) is 1.09. The number of hydrogen-bond acceptors (Lipinski definition) is 1. The number of nitrogen functional groups attached to an aromatic ring is 1. The van der Waals surface area contributed by atoms with Crippen LogP contribution in [-0.4, -0.2) is 0 Å². The minimum atomic E-state index is -0.301. The van der Waals surface area contributed by atoms with Crippen molar-refractivity contribution in [2.24, 2.45) is 0 Å². The maximum atomic E-state index is 13.0. The largest absolute Gasteiger partial charge is 0.398 e. The van der Waals surface area contributed by atoms with Gasteiger partial charge in [-0.25, -0.2) is 4.39 Å². The molecule has 0 spiro atoms. The molecule has 0 fully saturated rings. The minimum Gasteiger partial charge on any atom is -0.398 e. The average Bonchev–Trinajstić information content (AvgIpc) is 2.39. The van der Waals surface area contributed by atoms with Gasteiger partial charge in [0.1, 0.15) is 5.82 Å². The average molecular weight is 257 g/mol. The van der Waals surface area contributed by atoms with E-state index < -0.39 is 0 Å². The molecular formula is C17H20FN. The van der Waals surface area contributed by atoms with Crippen LogP contribution in [0.4, 0.5) is 10.1 Å². The molecule has 0 saturated carbocycles. The van der Waals surface area contributed by atoms with E-state index in [1.54, 1.807) is 6.07 Å². The first kappa shape index (κ1) is 13.6. The lowest BCUT2D eigenvalue weighted by molar-refractivity contribution is 0.506. The monoisotopic (exact) mass is 257 g/mol. The zero-order chi connectivity index (χ0) is 14.0. The van der Waals surface area contributed by atoms with E-state index >= 15 is 0 Å². The molecule has 0 atom stereocenters. The third kappa shape index (κ3) is 2.78. The molecule has 0 aromatic heterocycles. The standard InChI is InChI=1S/C17H20FN/c1-4-17(2,3)13-7-5-12(6-8-13)15-10-9-14(18)11-16(15)19/h5-11H,4,19H2,1-3H3. The lowest BCUT2D eigenvalue weighted by Crippen LogP contribution is -2.14. The predicted molar refractivity (Wildman–Crippen MR) is 79.6 cm³/mol. The van der Waals surface area contributed by atoms with E-state index in [-0.39, 0.29) is 11.2 Å². The Morgan fingerprint density at radius 3 is 2.21 bits per heavy atom. The highest BCUT2D eigenvalue weighted by atomic mass is 19.1. The maximum Gasteiger partial charge on any atom is 0.125 e. The quantitative estimate of drug-likeness (QED) is 0.788. The van der Waals surface area contributed by atoms with E-state index in [9.17, 15) is 4.39 Å². The van der Waals surface area contributed by atoms with Crippen LogP contribution in [-0.2, 0) is 5.41 Å². The smallest absolute Gasteiger partial charge is 0.125 e. The molecule has 100 valence electrons. The van der Waals surface area contributed by atoms with Gasteiger partial charge in [-0.05, 0) is 41.2 Å². The van der Waals surface area contributed by atoms with E-state index in [2.05, 4.69) is 45.0 Å². The van der Waals surface area contributed by atoms with E-state index in [1.807, 2.05) is 0 Å². The summed E-state index contributed by atoms with van der Waals surface area (Å²) in [4.78, 5) is 0. The third-order valence-electron chi connectivity index (χ3n) is 3.87. The van der Waals surface area contributed by atoms with Crippen LogP contribution in [0.15, 0.2) is 42.5 Å². The van der Waals surface area contributed by atoms with Gasteiger partial charge in [0.2, 0.25) is 0 Å². The summed E-state index contributed by atoms with van der Waals surface area (Å²) in [5.74, 6) is -0.301. The molecule has 2 N–H and O–H groups in total. The maximum absolute atomic E-state index is 13.0. The zero-order valence-electron chi connectivity index (χ0n) is 11.7. The van der Waals surface area contributed by atoms with Crippen LogP contribution < -0.4 is 5.73 Å². The summed E-state index contributed by atoms with van der Waals surface area (Å²) in [5.41, 5.74) is 9.72. The highest BCUT2D eigenvalue weighted by Crippen LogP contribution is 2.31. The van der Waals surface area contributed by atoms with E-state index in [0.29, 0.717) is 5.69 Å². The van der Waals surface area contributed by atoms with Gasteiger partial charge in [-0.1, -0.05) is 45.0 Å². The molecule has 19 heavy (non-hydrogen) atoms. The van der Waals surface area contributed by atoms with Crippen molar-refractivity contribution in [3.05, 3.63) is 53.8 Å². The van der Waals surface area contributed by atoms with Gasteiger partial charge in [0, 0.05) is 11.3 Å². The summed E-state index contributed by atoms with van der Waals surface area (Å²) < 4.78 is 13.0. The summed E-state index contributed by atoms with van der Waals surface area (Å²) in [6.45, 7) is 6.65. The normalized spacial score (nSPS) is 11.6. The SMILES string of the molecule is CCC(C)(C)c1ccc(-c2ccc(F)cc2N)cc1. The molecule has 0 radical (unpaired) electrons. The van der Waals surface area contributed by atoms with Gasteiger partial charge in [-0.2, -0.15) is 0 Å². The number of rotatable bonds is 3. The molecule has 2 aromatic carbocycles. The summed E-state index contributed by atoms with van der Waals surface area (Å²) in [5, 5.41) is 0. The summed E-state index contributed by atoms with van der Waals surface area (Å²) in [7, 11) is 0. The van der Waals surface area contributed by atoms with Crippen molar-refractivity contribution in [2.45, 2.75) is 32.6 Å². The molecule has 0 heterocycles. The molecular weight excluding hydrogens is 237 g/mol. The zero-order valence-corrected chi connectivity index (χ0v) is 11.7. The highest BCUT2D eigenvalue weighted by molar-refractivity contribution is 5.76. The Kier molecular flexibility index (Phi) is 3.61. The summed E-state index contributed by atoms with van der Waals surface area (Å²) in [6, 6.07) is 12.9. The van der Waals surface area contributed by atoms with E-state index in [4.69, 9.17) is 5.73 Å². The molecule has 2 heteroatoms. The fraction of sp³-hybridized carbons (Fsp3) is 0.294. The van der Waals surface area contributed by atoms with Crippen molar-refractivity contribution in [1.82, 2.24) is 0 Å². The Hall–Kier alpha value is -1.83. The van der Waals surface area contributed by atoms with Crippen LogP contribution in [0.5, 0.6) is 0 Å². The molecule has 0 bridgehead atoms. The highest BCUT2D eigenvalue weighted by Gasteiger charge is 2.17. The Labute approximate surface area is 114 Å². The van der Waals surface area contributed by atoms with Crippen LogP contribution in [0.2, 0.25) is 0 Å². The van der Waals surface area contributed by atoms with Gasteiger partial charge in [-0.15, -0.1) is 0 Å².